The molecular formula is C11H13N3O2S. The highest BCUT2D eigenvalue weighted by molar-refractivity contribution is 8.00. The topological polar surface area (TPSA) is 75.4 Å². The Kier molecular flexibility index (Phi) is 3.35. The summed E-state index contributed by atoms with van der Waals surface area (Å²) < 4.78 is 0. The molecule has 0 aliphatic carbocycles. The number of benzene rings is 1. The number of thioether (sulfide) groups is 1. The quantitative estimate of drug-likeness (QED) is 0.458. The van der Waals surface area contributed by atoms with Crippen LogP contribution in [-0.4, -0.2) is 29.6 Å². The summed E-state index contributed by atoms with van der Waals surface area (Å²) >= 11 is 1.50. The van der Waals surface area contributed by atoms with Crippen LogP contribution in [0.15, 0.2) is 23.1 Å². The number of hydrogen-bond donors (Lipinski definition) is 2. The minimum absolute atomic E-state index is 0.0121. The summed E-state index contributed by atoms with van der Waals surface area (Å²) in [5.74, 6) is 5.62. The highest BCUT2D eigenvalue weighted by Gasteiger charge is 2.16. The maximum atomic E-state index is 11.5. The largest absolute Gasteiger partial charge is 0.324 e. The smallest absolute Gasteiger partial charge is 0.240 e. The van der Waals surface area contributed by atoms with Crippen molar-refractivity contribution in [2.75, 3.05) is 18.1 Å². The summed E-state index contributed by atoms with van der Waals surface area (Å²) in [6.07, 6.45) is 0.237. The summed E-state index contributed by atoms with van der Waals surface area (Å²) in [6.45, 7) is 0. The van der Waals surface area contributed by atoms with Gasteiger partial charge in [0.15, 0.2) is 0 Å². The fraction of sp³-hybridized carbons (Fsp3) is 0.273. The van der Waals surface area contributed by atoms with E-state index < -0.39 is 0 Å². The number of likely N-dealkylation sites (N-methyl/N-ethyl adjacent to an activating group) is 1. The van der Waals surface area contributed by atoms with Gasteiger partial charge in [-0.1, -0.05) is 6.07 Å². The Morgan fingerprint density at radius 2 is 2.35 bits per heavy atom. The second-order valence-corrected chi connectivity index (χ2v) is 4.87. The first kappa shape index (κ1) is 11.9. The maximum absolute atomic E-state index is 11.5. The van der Waals surface area contributed by atoms with Crippen LogP contribution in [0.2, 0.25) is 0 Å². The highest BCUT2D eigenvalue weighted by Crippen LogP contribution is 2.32. The summed E-state index contributed by atoms with van der Waals surface area (Å²) in [5, 5.41) is 3.85. The Morgan fingerprint density at radius 1 is 1.59 bits per heavy atom. The number of nitrogens with zero attached hydrogens (tertiary/aromatic N) is 1. The van der Waals surface area contributed by atoms with E-state index in [0.717, 1.165) is 21.2 Å². The summed E-state index contributed by atoms with van der Waals surface area (Å²) in [6, 6.07) is 5.62. The number of anilines is 1. The molecule has 1 heterocycles. The van der Waals surface area contributed by atoms with Gasteiger partial charge in [0.1, 0.15) is 0 Å². The Hall–Kier alpha value is -1.53. The van der Waals surface area contributed by atoms with Gasteiger partial charge in [-0.3, -0.25) is 14.6 Å². The van der Waals surface area contributed by atoms with Gasteiger partial charge >= 0.3 is 0 Å². The molecule has 90 valence electrons. The van der Waals surface area contributed by atoms with E-state index >= 15 is 0 Å². The third-order valence-corrected chi connectivity index (χ3v) is 3.50. The zero-order valence-electron chi connectivity index (χ0n) is 9.40. The number of amides is 2. The van der Waals surface area contributed by atoms with E-state index in [1.54, 1.807) is 0 Å². The van der Waals surface area contributed by atoms with Crippen LogP contribution in [0.5, 0.6) is 0 Å². The van der Waals surface area contributed by atoms with Gasteiger partial charge in [-0.2, -0.15) is 0 Å². The number of rotatable bonds is 2. The van der Waals surface area contributed by atoms with E-state index in [0.29, 0.717) is 5.75 Å². The van der Waals surface area contributed by atoms with E-state index in [9.17, 15) is 9.59 Å². The molecule has 1 aliphatic rings. The first-order chi connectivity index (χ1) is 8.06. The van der Waals surface area contributed by atoms with Crippen LogP contribution in [0, 0.1) is 0 Å². The molecule has 6 heteroatoms. The van der Waals surface area contributed by atoms with Crippen LogP contribution in [0.25, 0.3) is 0 Å². The minimum atomic E-state index is -0.167. The van der Waals surface area contributed by atoms with E-state index in [2.05, 4.69) is 5.32 Å². The van der Waals surface area contributed by atoms with Crippen LogP contribution in [0.4, 0.5) is 5.69 Å². The van der Waals surface area contributed by atoms with Crippen molar-refractivity contribution in [3.63, 3.8) is 0 Å². The molecule has 0 radical (unpaired) electrons. The molecule has 0 aromatic heterocycles. The fourth-order valence-corrected chi connectivity index (χ4v) is 2.33. The van der Waals surface area contributed by atoms with Crippen molar-refractivity contribution < 1.29 is 9.59 Å². The Morgan fingerprint density at radius 3 is 3.06 bits per heavy atom. The minimum Gasteiger partial charge on any atom is -0.324 e. The molecule has 0 atom stereocenters. The zero-order chi connectivity index (χ0) is 12.4. The van der Waals surface area contributed by atoms with E-state index in [-0.39, 0.29) is 18.2 Å². The maximum Gasteiger partial charge on any atom is 0.240 e. The molecule has 0 saturated carbocycles. The van der Waals surface area contributed by atoms with Gasteiger partial charge in [0, 0.05) is 11.9 Å². The number of hydrazine groups is 1. The lowest BCUT2D eigenvalue weighted by molar-refractivity contribution is -0.129. The second kappa shape index (κ2) is 4.77. The third-order valence-electron chi connectivity index (χ3n) is 2.43. The van der Waals surface area contributed by atoms with Gasteiger partial charge in [0.2, 0.25) is 11.8 Å². The van der Waals surface area contributed by atoms with Crippen LogP contribution in [0.3, 0.4) is 0 Å². The molecule has 1 aromatic carbocycles. The zero-order valence-corrected chi connectivity index (χ0v) is 10.2. The van der Waals surface area contributed by atoms with Gasteiger partial charge in [-0.05, 0) is 17.7 Å². The Labute approximate surface area is 103 Å². The molecule has 2 amide bonds. The molecular weight excluding hydrogens is 238 g/mol. The van der Waals surface area contributed by atoms with Gasteiger partial charge in [-0.15, -0.1) is 11.8 Å². The van der Waals surface area contributed by atoms with Crippen molar-refractivity contribution in [1.82, 2.24) is 5.01 Å². The molecule has 0 bridgehead atoms. The van der Waals surface area contributed by atoms with Crippen molar-refractivity contribution in [1.29, 1.82) is 0 Å². The number of fused-ring (bicyclic) bond motifs is 1. The number of carbonyl (C=O) groups is 2. The SMILES string of the molecule is CN(N)C(=O)Cc1ccc2c(c1)NC(=O)CS2. The van der Waals surface area contributed by atoms with Gasteiger partial charge in [-0.25, -0.2) is 5.84 Å². The van der Waals surface area contributed by atoms with Crippen LogP contribution in [-0.2, 0) is 16.0 Å². The average molecular weight is 251 g/mol. The molecule has 2 rings (SSSR count). The number of hydrogen-bond acceptors (Lipinski definition) is 4. The standard InChI is InChI=1S/C11H13N3O2S/c1-14(12)11(16)5-7-2-3-9-8(4-7)13-10(15)6-17-9/h2-4H,5-6,12H2,1H3,(H,13,15). The first-order valence-corrected chi connectivity index (χ1v) is 6.11. The summed E-state index contributed by atoms with van der Waals surface area (Å²) in [7, 11) is 1.51. The van der Waals surface area contributed by atoms with E-state index in [4.69, 9.17) is 5.84 Å². The Bertz CT molecular complexity index is 474. The number of nitrogens with one attached hydrogen (secondary N) is 1. The molecule has 17 heavy (non-hydrogen) atoms. The second-order valence-electron chi connectivity index (χ2n) is 3.85. The fourth-order valence-electron chi connectivity index (χ4n) is 1.54. The highest BCUT2D eigenvalue weighted by atomic mass is 32.2. The molecule has 1 aromatic rings. The summed E-state index contributed by atoms with van der Waals surface area (Å²) in [5.41, 5.74) is 1.62. The normalized spacial score (nSPS) is 13.9. The van der Waals surface area contributed by atoms with Crippen LogP contribution in [0.1, 0.15) is 5.56 Å². The van der Waals surface area contributed by atoms with Crippen molar-refractivity contribution in [2.45, 2.75) is 11.3 Å². The predicted octanol–water partition coefficient (Wildman–Crippen LogP) is 0.605. The van der Waals surface area contributed by atoms with Crippen LogP contribution >= 0.6 is 11.8 Å². The molecule has 0 fully saturated rings. The lowest BCUT2D eigenvalue weighted by Crippen LogP contribution is -2.34. The van der Waals surface area contributed by atoms with Crippen molar-refractivity contribution >= 4 is 29.3 Å². The van der Waals surface area contributed by atoms with Gasteiger partial charge in [0.05, 0.1) is 17.9 Å². The van der Waals surface area contributed by atoms with Crippen LogP contribution < -0.4 is 11.2 Å². The first-order valence-electron chi connectivity index (χ1n) is 5.13. The van der Waals surface area contributed by atoms with Gasteiger partial charge < -0.3 is 5.32 Å². The molecule has 1 aliphatic heterocycles. The van der Waals surface area contributed by atoms with Crippen molar-refractivity contribution in [3.8, 4) is 0 Å². The lowest BCUT2D eigenvalue weighted by atomic mass is 10.1. The molecule has 3 N–H and O–H groups in total. The molecule has 0 saturated heterocycles. The summed E-state index contributed by atoms with van der Waals surface area (Å²) in [4.78, 5) is 23.7. The van der Waals surface area contributed by atoms with E-state index in [1.165, 1.54) is 18.8 Å². The monoisotopic (exact) mass is 251 g/mol. The lowest BCUT2D eigenvalue weighted by Gasteiger charge is -2.17. The van der Waals surface area contributed by atoms with Gasteiger partial charge in [0.25, 0.3) is 0 Å². The molecule has 5 nitrogen and oxygen atoms in total. The molecule has 0 unspecified atom stereocenters. The Balaban J connectivity index is 2.18. The van der Waals surface area contributed by atoms with E-state index in [1.807, 2.05) is 18.2 Å². The average Bonchev–Trinajstić information content (AvgIpc) is 2.28. The van der Waals surface area contributed by atoms with Crippen molar-refractivity contribution in [2.24, 2.45) is 5.84 Å². The predicted molar refractivity (Wildman–Crippen MR) is 66.5 cm³/mol. The third kappa shape index (κ3) is 2.78. The van der Waals surface area contributed by atoms with Crippen molar-refractivity contribution in [3.05, 3.63) is 23.8 Å². The number of carbonyl (C=O) groups excluding carboxylic acids is 2. The molecule has 0 spiro atoms. The number of nitrogens with two attached hydrogens (primary N) is 1.